The summed E-state index contributed by atoms with van der Waals surface area (Å²) in [4.78, 5) is 10.7. The van der Waals surface area contributed by atoms with Gasteiger partial charge in [-0.3, -0.25) is 4.79 Å². The van der Waals surface area contributed by atoms with Gasteiger partial charge in [0.05, 0.1) is 6.04 Å². The minimum absolute atomic E-state index is 0.0535. The molecule has 0 aromatic rings. The highest BCUT2D eigenvalue weighted by molar-refractivity contribution is 5.81. The summed E-state index contributed by atoms with van der Waals surface area (Å²) in [5.41, 5.74) is 0. The monoisotopic (exact) mass is 145 g/mol. The molecule has 1 heterocycles. The van der Waals surface area contributed by atoms with Gasteiger partial charge in [-0.1, -0.05) is 0 Å². The third-order valence-corrected chi connectivity index (χ3v) is 1.91. The zero-order valence-electron chi connectivity index (χ0n) is 6.14. The number of halogens is 1. The van der Waals surface area contributed by atoms with Gasteiger partial charge in [-0.15, -0.1) is 9.60 Å². The first kappa shape index (κ1) is 7.66. The maximum Gasteiger partial charge on any atom is 0.149 e. The quantitative estimate of drug-likeness (QED) is 0.518. The van der Waals surface area contributed by atoms with Crippen molar-refractivity contribution in [2.75, 3.05) is 6.54 Å². The summed E-state index contributed by atoms with van der Waals surface area (Å²) in [6.07, 6.45) is 2.54. The van der Waals surface area contributed by atoms with Crippen molar-refractivity contribution in [2.24, 2.45) is 0 Å². The molecule has 0 bridgehead atoms. The fraction of sp³-hybridized carbons (Fsp3) is 0.857. The largest absolute Gasteiger partial charge is 0.298 e. The minimum Gasteiger partial charge on any atom is -0.298 e. The van der Waals surface area contributed by atoms with Crippen LogP contribution >= 0.6 is 0 Å². The van der Waals surface area contributed by atoms with E-state index in [0.717, 1.165) is 12.8 Å². The Labute approximate surface area is 59.9 Å². The molecular formula is C7H12FNO. The zero-order chi connectivity index (χ0) is 7.56. The minimum atomic E-state index is -0.450. The van der Waals surface area contributed by atoms with Gasteiger partial charge < -0.3 is 0 Å². The van der Waals surface area contributed by atoms with Crippen molar-refractivity contribution in [2.45, 2.75) is 32.2 Å². The molecule has 2 nitrogen and oxygen atoms in total. The molecule has 1 aliphatic heterocycles. The second-order valence-electron chi connectivity index (χ2n) is 2.75. The Hall–Kier alpha value is -0.440. The van der Waals surface area contributed by atoms with Crippen molar-refractivity contribution in [3.05, 3.63) is 0 Å². The van der Waals surface area contributed by atoms with E-state index in [1.54, 1.807) is 0 Å². The van der Waals surface area contributed by atoms with Gasteiger partial charge in [0.25, 0.3) is 0 Å². The number of hydrogen-bond acceptors (Lipinski definition) is 2. The van der Waals surface area contributed by atoms with Crippen LogP contribution in [0, 0.1) is 0 Å². The van der Waals surface area contributed by atoms with E-state index in [1.807, 2.05) is 0 Å². The maximum atomic E-state index is 12.7. The van der Waals surface area contributed by atoms with Gasteiger partial charge in [-0.2, -0.15) is 0 Å². The Balaban J connectivity index is 2.47. The Morgan fingerprint density at radius 2 is 2.30 bits per heavy atom. The highest BCUT2D eigenvalue weighted by Crippen LogP contribution is 2.17. The Kier molecular flexibility index (Phi) is 2.38. The van der Waals surface area contributed by atoms with E-state index in [-0.39, 0.29) is 5.78 Å². The van der Waals surface area contributed by atoms with Crippen molar-refractivity contribution in [3.8, 4) is 0 Å². The van der Waals surface area contributed by atoms with E-state index >= 15 is 0 Å². The third kappa shape index (κ3) is 1.53. The van der Waals surface area contributed by atoms with Gasteiger partial charge in [0, 0.05) is 6.54 Å². The van der Waals surface area contributed by atoms with Crippen molar-refractivity contribution in [1.82, 2.24) is 5.12 Å². The molecule has 58 valence electrons. The molecule has 1 fully saturated rings. The van der Waals surface area contributed by atoms with Crippen molar-refractivity contribution in [3.63, 3.8) is 0 Å². The first-order valence-corrected chi connectivity index (χ1v) is 3.64. The van der Waals surface area contributed by atoms with Crippen molar-refractivity contribution < 1.29 is 9.28 Å². The summed E-state index contributed by atoms with van der Waals surface area (Å²) in [7, 11) is 0. The molecule has 10 heavy (non-hydrogen) atoms. The van der Waals surface area contributed by atoms with Crippen LogP contribution in [0.1, 0.15) is 26.2 Å². The summed E-state index contributed by atoms with van der Waals surface area (Å²) in [5, 5.41) is 0.659. The van der Waals surface area contributed by atoms with E-state index < -0.39 is 6.04 Å². The van der Waals surface area contributed by atoms with E-state index in [2.05, 4.69) is 0 Å². The first-order chi connectivity index (χ1) is 4.72. The summed E-state index contributed by atoms with van der Waals surface area (Å²) in [6, 6.07) is -0.450. The Morgan fingerprint density at radius 3 is 2.70 bits per heavy atom. The fourth-order valence-corrected chi connectivity index (χ4v) is 1.30. The number of ketones is 1. The molecule has 1 rings (SSSR count). The molecule has 0 amide bonds. The molecule has 3 heteroatoms. The smallest absolute Gasteiger partial charge is 0.149 e. The van der Waals surface area contributed by atoms with Crippen LogP contribution in [-0.4, -0.2) is 23.5 Å². The standard InChI is InChI=1S/C7H12FNO/c1-6(10)7-4-2-3-5-9(7)8/h7H,2-5H2,1H3. The van der Waals surface area contributed by atoms with Crippen LogP contribution in [0.15, 0.2) is 0 Å². The number of nitrogens with zero attached hydrogens (tertiary/aromatic N) is 1. The van der Waals surface area contributed by atoms with Crippen molar-refractivity contribution in [1.29, 1.82) is 0 Å². The lowest BCUT2D eigenvalue weighted by molar-refractivity contribution is -0.133. The average Bonchev–Trinajstić information content (AvgIpc) is 1.88. The summed E-state index contributed by atoms with van der Waals surface area (Å²) < 4.78 is 12.7. The van der Waals surface area contributed by atoms with Crippen LogP contribution in [0.2, 0.25) is 0 Å². The Bertz CT molecular complexity index is 138. The molecule has 1 aliphatic rings. The van der Waals surface area contributed by atoms with Crippen LogP contribution in [0.25, 0.3) is 0 Å². The number of Topliss-reactive ketones (excluding diaryl/α,β-unsaturated/α-hetero) is 1. The molecule has 1 unspecified atom stereocenters. The van der Waals surface area contributed by atoms with Gasteiger partial charge in [0.2, 0.25) is 0 Å². The normalized spacial score (nSPS) is 28.4. The molecule has 0 spiro atoms. The molecule has 0 aromatic carbocycles. The summed E-state index contributed by atoms with van der Waals surface area (Å²) in [6.45, 7) is 1.87. The van der Waals surface area contributed by atoms with E-state index in [1.165, 1.54) is 6.92 Å². The lowest BCUT2D eigenvalue weighted by atomic mass is 10.0. The van der Waals surface area contributed by atoms with Crippen LogP contribution in [0.5, 0.6) is 0 Å². The SMILES string of the molecule is CC(=O)C1CCCCN1F. The fourth-order valence-electron chi connectivity index (χ4n) is 1.30. The molecule has 0 radical (unpaired) electrons. The highest BCUT2D eigenvalue weighted by atomic mass is 19.2. The molecule has 0 aliphatic carbocycles. The number of hydrogen-bond donors (Lipinski definition) is 0. The summed E-state index contributed by atoms with van der Waals surface area (Å²) >= 11 is 0. The second-order valence-corrected chi connectivity index (χ2v) is 2.75. The van der Waals surface area contributed by atoms with Gasteiger partial charge in [-0.05, 0) is 26.2 Å². The van der Waals surface area contributed by atoms with E-state index in [4.69, 9.17) is 0 Å². The first-order valence-electron chi connectivity index (χ1n) is 3.64. The number of piperidine rings is 1. The molecule has 0 aromatic heterocycles. The lowest BCUT2D eigenvalue weighted by Crippen LogP contribution is -2.38. The van der Waals surface area contributed by atoms with Crippen LogP contribution in [-0.2, 0) is 4.79 Å². The van der Waals surface area contributed by atoms with Crippen LogP contribution in [0.3, 0.4) is 0 Å². The predicted octanol–water partition coefficient (Wildman–Crippen LogP) is 1.31. The average molecular weight is 145 g/mol. The molecule has 1 saturated heterocycles. The lowest BCUT2D eigenvalue weighted by Gasteiger charge is -2.25. The topological polar surface area (TPSA) is 20.3 Å². The van der Waals surface area contributed by atoms with Gasteiger partial charge in [0.1, 0.15) is 5.78 Å². The van der Waals surface area contributed by atoms with Crippen LogP contribution < -0.4 is 0 Å². The van der Waals surface area contributed by atoms with Crippen molar-refractivity contribution >= 4 is 5.78 Å². The number of carbonyl (C=O) groups excluding carboxylic acids is 1. The second kappa shape index (κ2) is 3.10. The van der Waals surface area contributed by atoms with Gasteiger partial charge >= 0.3 is 0 Å². The Morgan fingerprint density at radius 1 is 1.60 bits per heavy atom. The molecule has 1 atom stereocenters. The molecular weight excluding hydrogens is 133 g/mol. The van der Waals surface area contributed by atoms with Gasteiger partial charge in [-0.25, -0.2) is 0 Å². The van der Waals surface area contributed by atoms with Gasteiger partial charge in [0.15, 0.2) is 0 Å². The van der Waals surface area contributed by atoms with E-state index in [0.29, 0.717) is 18.1 Å². The number of carbonyl (C=O) groups is 1. The third-order valence-electron chi connectivity index (χ3n) is 1.91. The molecule has 0 N–H and O–H groups in total. The van der Waals surface area contributed by atoms with E-state index in [9.17, 15) is 9.28 Å². The number of rotatable bonds is 1. The van der Waals surface area contributed by atoms with Crippen LogP contribution in [0.4, 0.5) is 4.48 Å². The maximum absolute atomic E-state index is 12.7. The molecule has 0 saturated carbocycles. The summed E-state index contributed by atoms with van der Waals surface area (Å²) in [5.74, 6) is -0.0535. The highest BCUT2D eigenvalue weighted by Gasteiger charge is 2.25. The zero-order valence-corrected chi connectivity index (χ0v) is 6.14. The predicted molar refractivity (Wildman–Crippen MR) is 36.1 cm³/mol.